The summed E-state index contributed by atoms with van der Waals surface area (Å²) in [6.07, 6.45) is 5.60. The minimum Gasteiger partial charge on any atom is -0.369 e. The van der Waals surface area contributed by atoms with E-state index in [9.17, 15) is 0 Å². The van der Waals surface area contributed by atoms with Gasteiger partial charge in [-0.2, -0.15) is 0 Å². The van der Waals surface area contributed by atoms with Crippen molar-refractivity contribution < 1.29 is 0 Å². The lowest BCUT2D eigenvalue weighted by Crippen LogP contribution is -2.05. The second-order valence-corrected chi connectivity index (χ2v) is 5.21. The molecule has 0 spiro atoms. The number of fused-ring (bicyclic) bond motifs is 1. The van der Waals surface area contributed by atoms with Crippen LogP contribution >= 0.6 is 15.9 Å². The molecule has 0 saturated heterocycles. The highest BCUT2D eigenvalue weighted by Crippen LogP contribution is 2.23. The van der Waals surface area contributed by atoms with Crippen molar-refractivity contribution in [2.75, 3.05) is 17.2 Å². The third kappa shape index (κ3) is 2.60. The molecule has 0 fully saturated rings. The van der Waals surface area contributed by atoms with Crippen LogP contribution in [0.1, 0.15) is 6.92 Å². The predicted molar refractivity (Wildman–Crippen MR) is 84.6 cm³/mol. The summed E-state index contributed by atoms with van der Waals surface area (Å²) in [5, 5.41) is 6.53. The van der Waals surface area contributed by atoms with Crippen LogP contribution in [0.5, 0.6) is 0 Å². The number of halogens is 1. The van der Waals surface area contributed by atoms with Gasteiger partial charge in [0.2, 0.25) is 0 Å². The first-order valence-electron chi connectivity index (χ1n) is 6.36. The van der Waals surface area contributed by atoms with E-state index in [0.717, 1.165) is 34.0 Å². The molecule has 0 unspecified atom stereocenters. The maximum atomic E-state index is 4.57. The first-order valence-corrected chi connectivity index (χ1v) is 7.16. The zero-order valence-electron chi connectivity index (χ0n) is 11.0. The molecule has 0 aliphatic carbocycles. The third-order valence-electron chi connectivity index (χ3n) is 2.82. The fourth-order valence-corrected chi connectivity index (χ4v) is 2.38. The van der Waals surface area contributed by atoms with Crippen molar-refractivity contribution in [3.8, 4) is 0 Å². The third-order valence-corrected chi connectivity index (χ3v) is 3.31. The number of aromatic nitrogens is 3. The molecular weight excluding hydrogens is 318 g/mol. The Labute approximate surface area is 125 Å². The number of anilines is 3. The zero-order valence-corrected chi connectivity index (χ0v) is 12.6. The van der Waals surface area contributed by atoms with E-state index in [4.69, 9.17) is 0 Å². The quantitative estimate of drug-likeness (QED) is 0.765. The average molecular weight is 332 g/mol. The highest BCUT2D eigenvalue weighted by molar-refractivity contribution is 9.10. The summed E-state index contributed by atoms with van der Waals surface area (Å²) >= 11 is 3.46. The lowest BCUT2D eigenvalue weighted by molar-refractivity contribution is 1.09. The van der Waals surface area contributed by atoms with E-state index in [2.05, 4.69) is 36.5 Å². The van der Waals surface area contributed by atoms with Gasteiger partial charge in [-0.3, -0.25) is 0 Å². The van der Waals surface area contributed by atoms with Gasteiger partial charge in [-0.25, -0.2) is 9.97 Å². The van der Waals surface area contributed by atoms with E-state index >= 15 is 0 Å². The number of benzene rings is 1. The molecule has 0 bridgehead atoms. The fraction of sp³-hybridized carbons (Fsp3) is 0.143. The summed E-state index contributed by atoms with van der Waals surface area (Å²) in [7, 11) is 0. The molecule has 3 rings (SSSR count). The minimum atomic E-state index is 0.728. The summed E-state index contributed by atoms with van der Waals surface area (Å²) in [4.78, 5) is 8.90. The number of hydrogen-bond acceptors (Lipinski definition) is 4. The Morgan fingerprint density at radius 1 is 1.35 bits per heavy atom. The molecule has 102 valence electrons. The van der Waals surface area contributed by atoms with Crippen LogP contribution in [0.25, 0.3) is 5.65 Å². The Bertz CT molecular complexity index is 737. The highest BCUT2D eigenvalue weighted by atomic mass is 79.9. The highest BCUT2D eigenvalue weighted by Gasteiger charge is 2.07. The van der Waals surface area contributed by atoms with Gasteiger partial charge in [-0.15, -0.1) is 0 Å². The molecule has 1 aromatic carbocycles. The largest absolute Gasteiger partial charge is 0.369 e. The van der Waals surface area contributed by atoms with Crippen molar-refractivity contribution in [3.05, 3.63) is 47.3 Å². The van der Waals surface area contributed by atoms with Crippen LogP contribution in [0.4, 0.5) is 17.3 Å². The number of hydrogen-bond donors (Lipinski definition) is 2. The van der Waals surface area contributed by atoms with Crippen molar-refractivity contribution in [2.24, 2.45) is 0 Å². The van der Waals surface area contributed by atoms with Gasteiger partial charge in [0.05, 0.1) is 6.20 Å². The maximum Gasteiger partial charge on any atom is 0.180 e. The SMILES string of the molecule is CCNc1cn2ccnc2c(Nc2cccc(Br)c2)n1. The molecule has 0 aliphatic heterocycles. The summed E-state index contributed by atoms with van der Waals surface area (Å²) in [5.41, 5.74) is 1.76. The van der Waals surface area contributed by atoms with Crippen molar-refractivity contribution >= 4 is 38.9 Å². The fourth-order valence-electron chi connectivity index (χ4n) is 1.98. The van der Waals surface area contributed by atoms with Crippen LogP contribution in [0.15, 0.2) is 47.3 Å². The van der Waals surface area contributed by atoms with Crippen molar-refractivity contribution in [3.63, 3.8) is 0 Å². The van der Waals surface area contributed by atoms with E-state index in [-0.39, 0.29) is 0 Å². The standard InChI is InChI=1S/C14H14BrN5/c1-2-16-12-9-20-7-6-17-14(20)13(19-12)18-11-5-3-4-10(15)8-11/h3-9,16H,2H2,1H3,(H,18,19). The average Bonchev–Trinajstić information content (AvgIpc) is 2.87. The Hall–Kier alpha value is -2.08. The molecule has 2 aromatic heterocycles. The van der Waals surface area contributed by atoms with Crippen LogP contribution in [0.3, 0.4) is 0 Å². The normalized spacial score (nSPS) is 10.7. The Kier molecular flexibility index (Phi) is 3.56. The summed E-state index contributed by atoms with van der Waals surface area (Å²) in [6, 6.07) is 7.95. The number of nitrogens with zero attached hydrogens (tertiary/aromatic N) is 3. The Balaban J connectivity index is 2.02. The Morgan fingerprint density at radius 2 is 2.25 bits per heavy atom. The second-order valence-electron chi connectivity index (χ2n) is 4.30. The van der Waals surface area contributed by atoms with Crippen molar-refractivity contribution in [2.45, 2.75) is 6.92 Å². The van der Waals surface area contributed by atoms with Crippen LogP contribution in [-0.2, 0) is 0 Å². The van der Waals surface area contributed by atoms with Gasteiger partial charge in [0.1, 0.15) is 5.82 Å². The first-order chi connectivity index (χ1) is 9.76. The number of imidazole rings is 1. The van der Waals surface area contributed by atoms with Crippen molar-refractivity contribution in [1.29, 1.82) is 0 Å². The molecule has 0 aliphatic rings. The van der Waals surface area contributed by atoms with Gasteiger partial charge in [-0.1, -0.05) is 22.0 Å². The van der Waals surface area contributed by atoms with E-state index in [0.29, 0.717) is 0 Å². The summed E-state index contributed by atoms with van der Waals surface area (Å²) in [6.45, 7) is 2.87. The molecule has 0 atom stereocenters. The topological polar surface area (TPSA) is 54.2 Å². The van der Waals surface area contributed by atoms with Gasteiger partial charge in [-0.05, 0) is 25.1 Å². The smallest absolute Gasteiger partial charge is 0.180 e. The molecule has 2 heterocycles. The van der Waals surface area contributed by atoms with E-state index < -0.39 is 0 Å². The molecule has 6 heteroatoms. The molecule has 2 N–H and O–H groups in total. The van der Waals surface area contributed by atoms with Crippen LogP contribution in [0.2, 0.25) is 0 Å². The molecule has 0 radical (unpaired) electrons. The lowest BCUT2D eigenvalue weighted by atomic mass is 10.3. The summed E-state index contributed by atoms with van der Waals surface area (Å²) < 4.78 is 2.97. The molecule has 3 aromatic rings. The van der Waals surface area contributed by atoms with Crippen LogP contribution in [-0.4, -0.2) is 20.9 Å². The minimum absolute atomic E-state index is 0.728. The molecule has 0 amide bonds. The predicted octanol–water partition coefficient (Wildman–Crippen LogP) is 3.67. The van der Waals surface area contributed by atoms with Gasteiger partial charge < -0.3 is 15.0 Å². The Morgan fingerprint density at radius 3 is 3.05 bits per heavy atom. The molecule has 20 heavy (non-hydrogen) atoms. The maximum absolute atomic E-state index is 4.57. The first kappa shape index (κ1) is 12.9. The number of nitrogens with one attached hydrogen (secondary N) is 2. The summed E-state index contributed by atoms with van der Waals surface area (Å²) in [5.74, 6) is 1.54. The zero-order chi connectivity index (χ0) is 13.9. The molecule has 5 nitrogen and oxygen atoms in total. The van der Waals surface area contributed by atoms with Gasteiger partial charge in [0, 0.05) is 29.1 Å². The van der Waals surface area contributed by atoms with E-state index in [1.165, 1.54) is 0 Å². The van der Waals surface area contributed by atoms with Gasteiger partial charge in [0.25, 0.3) is 0 Å². The monoisotopic (exact) mass is 331 g/mol. The molecule has 0 saturated carbocycles. The van der Waals surface area contributed by atoms with E-state index in [1.54, 1.807) is 6.20 Å². The lowest BCUT2D eigenvalue weighted by Gasteiger charge is -2.10. The molecular formula is C14H14BrN5. The van der Waals surface area contributed by atoms with Crippen LogP contribution < -0.4 is 10.6 Å². The van der Waals surface area contributed by atoms with E-state index in [1.807, 2.05) is 48.0 Å². The van der Waals surface area contributed by atoms with Crippen LogP contribution in [0, 0.1) is 0 Å². The number of rotatable bonds is 4. The van der Waals surface area contributed by atoms with Crippen molar-refractivity contribution in [1.82, 2.24) is 14.4 Å². The van der Waals surface area contributed by atoms with Gasteiger partial charge >= 0.3 is 0 Å². The van der Waals surface area contributed by atoms with Gasteiger partial charge in [0.15, 0.2) is 11.5 Å². The second kappa shape index (κ2) is 5.50.